The highest BCUT2D eigenvalue weighted by atomic mass is 16.5. The van der Waals surface area contributed by atoms with Crippen molar-refractivity contribution in [3.8, 4) is 5.75 Å². The van der Waals surface area contributed by atoms with Crippen LogP contribution in [0.4, 0.5) is 4.79 Å². The van der Waals surface area contributed by atoms with E-state index in [2.05, 4.69) is 25.8 Å². The van der Waals surface area contributed by atoms with Gasteiger partial charge in [-0.05, 0) is 17.0 Å². The van der Waals surface area contributed by atoms with Gasteiger partial charge >= 0.3 is 6.09 Å². The summed E-state index contributed by atoms with van der Waals surface area (Å²) in [5, 5.41) is 0. The van der Waals surface area contributed by atoms with E-state index in [4.69, 9.17) is 14.9 Å². The Kier molecular flexibility index (Phi) is 2.77. The van der Waals surface area contributed by atoms with Gasteiger partial charge in [-0.1, -0.05) is 20.8 Å². The number of amides is 1. The van der Waals surface area contributed by atoms with E-state index < -0.39 is 6.09 Å². The number of benzene rings is 1. The predicted molar refractivity (Wildman–Crippen MR) is 67.7 cm³/mol. The quantitative estimate of drug-likeness (QED) is 0.841. The van der Waals surface area contributed by atoms with Gasteiger partial charge in [0.15, 0.2) is 11.5 Å². The number of aryl methyl sites for hydroxylation is 1. The Morgan fingerprint density at radius 2 is 2.06 bits per heavy atom. The van der Waals surface area contributed by atoms with Gasteiger partial charge in [0, 0.05) is 13.0 Å². The number of carbonyl (C=O) groups excluding carboxylic acids is 1. The minimum atomic E-state index is -0.842. The number of primary amides is 1. The summed E-state index contributed by atoms with van der Waals surface area (Å²) >= 11 is 0. The average molecular weight is 248 g/mol. The Balaban J connectivity index is 2.68. The summed E-state index contributed by atoms with van der Waals surface area (Å²) in [5.74, 6) is 0.947. The van der Waals surface area contributed by atoms with E-state index in [9.17, 15) is 4.79 Å². The molecule has 0 aliphatic rings. The van der Waals surface area contributed by atoms with Crippen LogP contribution in [0.5, 0.6) is 5.75 Å². The first kappa shape index (κ1) is 12.4. The molecule has 1 heterocycles. The molecule has 2 aromatic rings. The van der Waals surface area contributed by atoms with Gasteiger partial charge in [-0.2, -0.15) is 0 Å². The highest BCUT2D eigenvalue weighted by Gasteiger charge is 2.21. The van der Waals surface area contributed by atoms with E-state index in [1.807, 2.05) is 0 Å². The van der Waals surface area contributed by atoms with Crippen LogP contribution in [0.3, 0.4) is 0 Å². The van der Waals surface area contributed by atoms with Crippen LogP contribution in [-0.2, 0) is 5.41 Å². The molecule has 96 valence electrons. The minimum absolute atomic E-state index is 0.140. The molecule has 0 aliphatic heterocycles. The second-order valence-electron chi connectivity index (χ2n) is 5.22. The summed E-state index contributed by atoms with van der Waals surface area (Å²) in [6.45, 7) is 7.94. The van der Waals surface area contributed by atoms with Crippen molar-refractivity contribution < 1.29 is 13.9 Å². The fraction of sp³-hybridized carbons (Fsp3) is 0.385. The molecule has 1 aromatic heterocycles. The van der Waals surface area contributed by atoms with Gasteiger partial charge in [0.05, 0.1) is 0 Å². The molecule has 18 heavy (non-hydrogen) atoms. The third-order valence-electron chi connectivity index (χ3n) is 2.60. The molecule has 2 rings (SSSR count). The molecule has 1 aromatic carbocycles. The van der Waals surface area contributed by atoms with Crippen LogP contribution >= 0.6 is 0 Å². The van der Waals surface area contributed by atoms with E-state index in [0.29, 0.717) is 17.2 Å². The highest BCUT2D eigenvalue weighted by molar-refractivity contribution is 5.81. The monoisotopic (exact) mass is 248 g/mol. The predicted octanol–water partition coefficient (Wildman–Crippen LogP) is 2.89. The largest absolute Gasteiger partial charge is 0.441 e. The third-order valence-corrected chi connectivity index (χ3v) is 2.60. The number of nitrogens with two attached hydrogens (primary N) is 1. The fourth-order valence-corrected chi connectivity index (χ4v) is 1.86. The molecule has 0 spiro atoms. The number of aromatic nitrogens is 1. The zero-order chi connectivity index (χ0) is 13.5. The van der Waals surface area contributed by atoms with Gasteiger partial charge in [-0.25, -0.2) is 9.78 Å². The molecule has 2 N–H and O–H groups in total. The van der Waals surface area contributed by atoms with E-state index in [-0.39, 0.29) is 5.41 Å². The van der Waals surface area contributed by atoms with Crippen molar-refractivity contribution in [1.29, 1.82) is 0 Å². The maximum atomic E-state index is 10.8. The van der Waals surface area contributed by atoms with Crippen LogP contribution in [0.15, 0.2) is 16.5 Å². The molecular formula is C13H16N2O3. The Labute approximate surface area is 105 Å². The smallest absolute Gasteiger partial charge is 0.409 e. The molecular weight excluding hydrogens is 232 g/mol. The Hall–Kier alpha value is -2.04. The maximum Gasteiger partial charge on any atom is 0.409 e. The molecule has 0 bridgehead atoms. The lowest BCUT2D eigenvalue weighted by atomic mass is 9.86. The van der Waals surface area contributed by atoms with Gasteiger partial charge in [0.2, 0.25) is 0 Å². The van der Waals surface area contributed by atoms with Crippen molar-refractivity contribution >= 4 is 17.2 Å². The Morgan fingerprint density at radius 3 is 2.61 bits per heavy atom. The van der Waals surface area contributed by atoms with Crippen LogP contribution in [0.2, 0.25) is 0 Å². The summed E-state index contributed by atoms with van der Waals surface area (Å²) in [4.78, 5) is 15.2. The van der Waals surface area contributed by atoms with E-state index in [1.54, 1.807) is 19.1 Å². The first-order valence-corrected chi connectivity index (χ1v) is 5.66. The zero-order valence-electron chi connectivity index (χ0n) is 10.9. The summed E-state index contributed by atoms with van der Waals surface area (Å²) in [6.07, 6.45) is -0.842. The second kappa shape index (κ2) is 4.01. The number of oxazole rings is 1. The van der Waals surface area contributed by atoms with E-state index >= 15 is 0 Å². The topological polar surface area (TPSA) is 78.4 Å². The first-order valence-electron chi connectivity index (χ1n) is 5.66. The summed E-state index contributed by atoms with van der Waals surface area (Å²) in [6, 6.07) is 3.39. The fourth-order valence-electron chi connectivity index (χ4n) is 1.86. The standard InChI is InChI=1S/C13H16N2O3/c1-7-15-11-9(13(2,3)4)5-8(18-12(14)16)6-10(11)17-7/h5-6H,1-4H3,(H2,14,16). The normalized spacial score (nSPS) is 11.8. The maximum absolute atomic E-state index is 10.8. The number of carbonyl (C=O) groups is 1. The van der Waals surface area contributed by atoms with E-state index in [0.717, 1.165) is 11.1 Å². The molecule has 0 saturated carbocycles. The van der Waals surface area contributed by atoms with Gasteiger partial charge in [0.1, 0.15) is 11.3 Å². The van der Waals surface area contributed by atoms with Crippen molar-refractivity contribution in [3.63, 3.8) is 0 Å². The van der Waals surface area contributed by atoms with E-state index in [1.165, 1.54) is 0 Å². The van der Waals surface area contributed by atoms with Crippen molar-refractivity contribution in [2.24, 2.45) is 5.73 Å². The number of hydrogen-bond donors (Lipinski definition) is 1. The molecule has 0 radical (unpaired) electrons. The molecule has 0 unspecified atom stereocenters. The van der Waals surface area contributed by atoms with Gasteiger partial charge in [-0.15, -0.1) is 0 Å². The van der Waals surface area contributed by atoms with Gasteiger partial charge < -0.3 is 14.9 Å². The summed E-state index contributed by atoms with van der Waals surface area (Å²) in [5.41, 5.74) is 7.22. The molecule has 1 amide bonds. The lowest BCUT2D eigenvalue weighted by Gasteiger charge is -2.19. The summed E-state index contributed by atoms with van der Waals surface area (Å²) < 4.78 is 10.4. The van der Waals surface area contributed by atoms with Crippen molar-refractivity contribution in [1.82, 2.24) is 4.98 Å². The SMILES string of the molecule is Cc1nc2c(C(C)(C)C)cc(OC(N)=O)cc2o1. The number of hydrogen-bond acceptors (Lipinski definition) is 4. The number of ether oxygens (including phenoxy) is 1. The van der Waals surface area contributed by atoms with Crippen LogP contribution in [0.1, 0.15) is 32.2 Å². The van der Waals surface area contributed by atoms with Gasteiger partial charge in [-0.3, -0.25) is 0 Å². The second-order valence-corrected chi connectivity index (χ2v) is 5.22. The average Bonchev–Trinajstić information content (AvgIpc) is 2.54. The van der Waals surface area contributed by atoms with Crippen molar-refractivity contribution in [2.75, 3.05) is 0 Å². The van der Waals surface area contributed by atoms with Crippen molar-refractivity contribution in [2.45, 2.75) is 33.1 Å². The summed E-state index contributed by atoms with van der Waals surface area (Å²) in [7, 11) is 0. The van der Waals surface area contributed by atoms with Crippen molar-refractivity contribution in [3.05, 3.63) is 23.6 Å². The zero-order valence-corrected chi connectivity index (χ0v) is 10.9. The molecule has 5 nitrogen and oxygen atoms in total. The van der Waals surface area contributed by atoms with Gasteiger partial charge in [0.25, 0.3) is 0 Å². The lowest BCUT2D eigenvalue weighted by molar-refractivity contribution is 0.211. The van der Waals surface area contributed by atoms with Crippen LogP contribution in [0.25, 0.3) is 11.1 Å². The van der Waals surface area contributed by atoms with Crippen LogP contribution < -0.4 is 10.5 Å². The van der Waals surface area contributed by atoms with Crippen LogP contribution in [-0.4, -0.2) is 11.1 Å². The number of rotatable bonds is 1. The Morgan fingerprint density at radius 1 is 1.39 bits per heavy atom. The molecule has 0 fully saturated rings. The molecule has 0 aliphatic carbocycles. The number of nitrogens with zero attached hydrogens (tertiary/aromatic N) is 1. The third kappa shape index (κ3) is 2.30. The lowest BCUT2D eigenvalue weighted by Crippen LogP contribution is -2.17. The highest BCUT2D eigenvalue weighted by Crippen LogP contribution is 2.33. The molecule has 0 saturated heterocycles. The molecule has 0 atom stereocenters. The molecule has 5 heteroatoms. The van der Waals surface area contributed by atoms with Crippen LogP contribution in [0, 0.1) is 6.92 Å². The first-order chi connectivity index (χ1) is 8.27. The Bertz CT molecular complexity index is 608. The minimum Gasteiger partial charge on any atom is -0.441 e. The number of fused-ring (bicyclic) bond motifs is 1.